The number of nitro benzene ring substituents is 1. The van der Waals surface area contributed by atoms with E-state index in [1.165, 1.54) is 24.3 Å². The molecule has 2 aromatic carbocycles. The van der Waals surface area contributed by atoms with E-state index in [2.05, 4.69) is 15.5 Å². The van der Waals surface area contributed by atoms with E-state index in [9.17, 15) is 29.8 Å². The molecule has 0 aliphatic heterocycles. The fourth-order valence-corrected chi connectivity index (χ4v) is 2.59. The summed E-state index contributed by atoms with van der Waals surface area (Å²) in [5, 5.41) is 48.2. The Kier molecular flexibility index (Phi) is 9.31. The number of azo groups is 1. The number of benzene rings is 2. The lowest BCUT2D eigenvalue weighted by molar-refractivity contribution is -0.384. The topological polar surface area (TPSA) is 231 Å². The zero-order chi connectivity index (χ0) is 26.0. The highest BCUT2D eigenvalue weighted by molar-refractivity contribution is 5.91. The van der Waals surface area contributed by atoms with Crippen molar-refractivity contribution in [1.82, 2.24) is 0 Å². The SMILES string of the molecule is N#Cc1cc([N+](=O)[O-])ccc1N=Nc1ccc(NC(=O)CCC(N)C(=O)O)cc1OCCC(=O)O. The number of ether oxygens (including phenoxy) is 1. The maximum atomic E-state index is 12.1. The summed E-state index contributed by atoms with van der Waals surface area (Å²) in [6.07, 6.45) is -0.547. The normalized spacial score (nSPS) is 11.4. The summed E-state index contributed by atoms with van der Waals surface area (Å²) in [5.41, 5.74) is 5.46. The highest BCUT2D eigenvalue weighted by atomic mass is 16.6. The number of carboxylic acid groups (broad SMARTS) is 2. The molecule has 0 aliphatic rings. The van der Waals surface area contributed by atoms with Crippen LogP contribution in [0.2, 0.25) is 0 Å². The number of carbonyl (C=O) groups excluding carboxylic acids is 1. The summed E-state index contributed by atoms with van der Waals surface area (Å²) in [7, 11) is 0. The predicted molar refractivity (Wildman–Crippen MR) is 120 cm³/mol. The van der Waals surface area contributed by atoms with Gasteiger partial charge in [0.05, 0.1) is 23.5 Å². The third-order valence-corrected chi connectivity index (χ3v) is 4.39. The van der Waals surface area contributed by atoms with Crippen LogP contribution in [-0.2, 0) is 14.4 Å². The predicted octanol–water partition coefficient (Wildman–Crippen LogP) is 2.87. The molecule has 14 nitrogen and oxygen atoms in total. The fraction of sp³-hybridized carbons (Fsp3) is 0.238. The van der Waals surface area contributed by atoms with Gasteiger partial charge in [-0.3, -0.25) is 24.5 Å². The number of hydrogen-bond acceptors (Lipinski definition) is 10. The molecule has 5 N–H and O–H groups in total. The van der Waals surface area contributed by atoms with Gasteiger partial charge in [0.1, 0.15) is 29.2 Å². The van der Waals surface area contributed by atoms with Gasteiger partial charge in [-0.1, -0.05) is 0 Å². The minimum Gasteiger partial charge on any atom is -0.491 e. The first kappa shape index (κ1) is 26.4. The Morgan fingerprint density at radius 3 is 2.46 bits per heavy atom. The molecule has 0 saturated carbocycles. The third-order valence-electron chi connectivity index (χ3n) is 4.39. The first-order valence-electron chi connectivity index (χ1n) is 9.98. The van der Waals surface area contributed by atoms with Crippen molar-refractivity contribution in [2.75, 3.05) is 11.9 Å². The van der Waals surface area contributed by atoms with E-state index in [0.717, 1.165) is 12.1 Å². The summed E-state index contributed by atoms with van der Waals surface area (Å²) < 4.78 is 5.46. The number of rotatable bonds is 12. The van der Waals surface area contributed by atoms with Crippen LogP contribution >= 0.6 is 0 Å². The van der Waals surface area contributed by atoms with Crippen molar-refractivity contribution in [3.05, 3.63) is 52.1 Å². The Bertz CT molecular complexity index is 1210. The van der Waals surface area contributed by atoms with Crippen LogP contribution in [0.4, 0.5) is 22.7 Å². The Morgan fingerprint density at radius 1 is 1.14 bits per heavy atom. The number of aliphatic carboxylic acids is 2. The van der Waals surface area contributed by atoms with E-state index in [4.69, 9.17) is 20.7 Å². The number of carboxylic acids is 2. The van der Waals surface area contributed by atoms with Gasteiger partial charge in [-0.25, -0.2) is 0 Å². The molecule has 182 valence electrons. The number of nitrogens with zero attached hydrogens (tertiary/aromatic N) is 4. The zero-order valence-corrected chi connectivity index (χ0v) is 18.1. The second-order valence-corrected chi connectivity index (χ2v) is 6.98. The molecule has 35 heavy (non-hydrogen) atoms. The molecule has 0 saturated heterocycles. The molecule has 2 rings (SSSR count). The third kappa shape index (κ3) is 8.18. The fourth-order valence-electron chi connectivity index (χ4n) is 2.59. The molecular formula is C21H20N6O8. The van der Waals surface area contributed by atoms with Crippen LogP contribution in [0.25, 0.3) is 0 Å². The van der Waals surface area contributed by atoms with Crippen LogP contribution in [0.15, 0.2) is 46.6 Å². The molecule has 0 aromatic heterocycles. The number of nitro groups is 1. The second-order valence-electron chi connectivity index (χ2n) is 6.98. The highest BCUT2D eigenvalue weighted by Crippen LogP contribution is 2.33. The maximum Gasteiger partial charge on any atom is 0.320 e. The summed E-state index contributed by atoms with van der Waals surface area (Å²) in [6, 6.07) is 8.31. The van der Waals surface area contributed by atoms with E-state index in [0.29, 0.717) is 0 Å². The van der Waals surface area contributed by atoms with E-state index in [-0.39, 0.29) is 59.9 Å². The Balaban J connectivity index is 2.26. The van der Waals surface area contributed by atoms with Crippen molar-refractivity contribution >= 4 is 40.6 Å². The Hall–Kier alpha value is -4.90. The van der Waals surface area contributed by atoms with Crippen molar-refractivity contribution in [3.63, 3.8) is 0 Å². The molecule has 1 atom stereocenters. The van der Waals surface area contributed by atoms with Crippen LogP contribution < -0.4 is 15.8 Å². The number of hydrogen-bond donors (Lipinski definition) is 4. The lowest BCUT2D eigenvalue weighted by Gasteiger charge is -2.11. The molecule has 0 heterocycles. The monoisotopic (exact) mass is 484 g/mol. The first-order valence-corrected chi connectivity index (χ1v) is 9.98. The molecule has 0 fully saturated rings. The summed E-state index contributed by atoms with van der Waals surface area (Å²) in [6.45, 7) is -0.219. The minimum atomic E-state index is -1.23. The van der Waals surface area contributed by atoms with E-state index in [1.54, 1.807) is 6.07 Å². The first-order chi connectivity index (χ1) is 16.6. The van der Waals surface area contributed by atoms with Gasteiger partial charge < -0.3 is 26.0 Å². The van der Waals surface area contributed by atoms with E-state index < -0.39 is 28.8 Å². The van der Waals surface area contributed by atoms with Gasteiger partial charge in [-0.2, -0.15) is 5.26 Å². The standard InChI is InChI=1S/C21H20N6O8/c22-11-12-9-14(27(33)34)2-5-16(12)25-26-17-4-1-13(10-18(17)35-8-7-20(29)30)24-19(28)6-3-15(23)21(31)32/h1-2,4-5,9-10,15H,3,6-8,23H2,(H,24,28)(H,29,30)(H,31,32). The lowest BCUT2D eigenvalue weighted by atomic mass is 10.1. The van der Waals surface area contributed by atoms with Gasteiger partial charge in [-0.05, 0) is 24.6 Å². The molecule has 0 bridgehead atoms. The average molecular weight is 484 g/mol. The molecule has 1 amide bonds. The van der Waals surface area contributed by atoms with Crippen molar-refractivity contribution in [2.45, 2.75) is 25.3 Å². The minimum absolute atomic E-state index is 0.0572. The van der Waals surface area contributed by atoms with Crippen molar-refractivity contribution < 1.29 is 34.3 Å². The van der Waals surface area contributed by atoms with E-state index >= 15 is 0 Å². The van der Waals surface area contributed by atoms with Gasteiger partial charge >= 0.3 is 11.9 Å². The molecular weight excluding hydrogens is 464 g/mol. The molecule has 0 aliphatic carbocycles. The zero-order valence-electron chi connectivity index (χ0n) is 18.1. The van der Waals surface area contributed by atoms with Crippen molar-refractivity contribution in [2.24, 2.45) is 16.0 Å². The lowest BCUT2D eigenvalue weighted by Crippen LogP contribution is -2.31. The van der Waals surface area contributed by atoms with Crippen molar-refractivity contribution in [3.8, 4) is 11.8 Å². The van der Waals surface area contributed by atoms with Gasteiger partial charge in [0.25, 0.3) is 5.69 Å². The highest BCUT2D eigenvalue weighted by Gasteiger charge is 2.15. The number of carbonyl (C=O) groups is 3. The number of amides is 1. The summed E-state index contributed by atoms with van der Waals surface area (Å²) >= 11 is 0. The van der Waals surface area contributed by atoms with E-state index in [1.807, 2.05) is 0 Å². The maximum absolute atomic E-state index is 12.1. The summed E-state index contributed by atoms with van der Waals surface area (Å²) in [4.78, 5) is 43.9. The molecule has 1 unspecified atom stereocenters. The van der Waals surface area contributed by atoms with Gasteiger partial charge in [0.15, 0.2) is 0 Å². The van der Waals surface area contributed by atoms with Crippen LogP contribution in [0, 0.1) is 21.4 Å². The Labute approximate surface area is 197 Å². The Morgan fingerprint density at radius 2 is 1.83 bits per heavy atom. The smallest absolute Gasteiger partial charge is 0.320 e. The van der Waals surface area contributed by atoms with Crippen LogP contribution in [0.3, 0.4) is 0 Å². The number of nitriles is 1. The number of non-ortho nitro benzene ring substituents is 1. The number of nitrogens with two attached hydrogens (primary N) is 1. The molecule has 0 spiro atoms. The number of anilines is 1. The van der Waals surface area contributed by atoms with Crippen LogP contribution in [-0.4, -0.2) is 45.6 Å². The quantitative estimate of drug-likeness (QED) is 0.195. The molecule has 2 aromatic rings. The molecule has 14 heteroatoms. The van der Waals surface area contributed by atoms with Gasteiger partial charge in [-0.15, -0.1) is 10.2 Å². The van der Waals surface area contributed by atoms with Gasteiger partial charge in [0.2, 0.25) is 5.91 Å². The second kappa shape index (κ2) is 12.4. The van der Waals surface area contributed by atoms with Crippen molar-refractivity contribution in [1.29, 1.82) is 5.26 Å². The number of nitrogens with one attached hydrogen (secondary N) is 1. The van der Waals surface area contributed by atoms with Gasteiger partial charge in [0, 0.05) is 30.3 Å². The summed E-state index contributed by atoms with van der Waals surface area (Å²) in [5.74, 6) is -2.77. The largest absolute Gasteiger partial charge is 0.491 e. The average Bonchev–Trinajstić information content (AvgIpc) is 2.81. The molecule has 0 radical (unpaired) electrons. The van der Waals surface area contributed by atoms with Crippen LogP contribution in [0.1, 0.15) is 24.8 Å². The van der Waals surface area contributed by atoms with Crippen LogP contribution in [0.5, 0.6) is 5.75 Å².